The molecule has 0 saturated carbocycles. The van der Waals surface area contributed by atoms with Gasteiger partial charge in [0.05, 0.1) is 18.8 Å². The molecule has 1 N–H and O–H groups in total. The van der Waals surface area contributed by atoms with E-state index in [1.54, 1.807) is 24.3 Å². The molecule has 3 aromatic rings. The second-order valence-electron chi connectivity index (χ2n) is 8.98. The molecule has 0 aliphatic carbocycles. The van der Waals surface area contributed by atoms with Gasteiger partial charge in [-0.2, -0.15) is 0 Å². The van der Waals surface area contributed by atoms with Crippen molar-refractivity contribution in [2.24, 2.45) is 0 Å². The van der Waals surface area contributed by atoms with Gasteiger partial charge in [-0.25, -0.2) is 4.79 Å². The molecule has 8 heteroatoms. The van der Waals surface area contributed by atoms with Crippen LogP contribution in [0.1, 0.15) is 34.7 Å². The summed E-state index contributed by atoms with van der Waals surface area (Å²) in [6, 6.07) is 27.0. The molecule has 0 radical (unpaired) electrons. The van der Waals surface area contributed by atoms with Crippen LogP contribution in [0.3, 0.4) is 0 Å². The first kappa shape index (κ1) is 25.1. The summed E-state index contributed by atoms with van der Waals surface area (Å²) in [5.41, 5.74) is 2.15. The van der Waals surface area contributed by atoms with E-state index in [2.05, 4.69) is 5.32 Å². The van der Waals surface area contributed by atoms with Crippen LogP contribution in [0.5, 0.6) is 0 Å². The Morgan fingerprint density at radius 1 is 0.892 bits per heavy atom. The predicted octanol–water partition coefficient (Wildman–Crippen LogP) is 3.77. The highest BCUT2D eigenvalue weighted by Gasteiger charge is 2.52. The second-order valence-corrected chi connectivity index (χ2v) is 8.98. The summed E-state index contributed by atoms with van der Waals surface area (Å²) in [5.74, 6) is -0.845. The standard InChI is InChI=1S/C29H29NO7/c1-19(31)30-24-26(36-27(32)21-13-7-3-8-14-21)25-23(18-34-28(37-25)22-15-9-4-10-16-22)35-29(24)33-17-20-11-5-2-6-12-20/h2-16,23-26,28-29H,17-18H2,1H3,(H,30,31)/t23-,24-,25-,26-,28+,29+/m1/s1. The fourth-order valence-electron chi connectivity index (χ4n) is 4.54. The summed E-state index contributed by atoms with van der Waals surface area (Å²) >= 11 is 0. The summed E-state index contributed by atoms with van der Waals surface area (Å²) in [7, 11) is 0. The van der Waals surface area contributed by atoms with Crippen LogP contribution in [0, 0.1) is 0 Å². The molecule has 5 rings (SSSR count). The van der Waals surface area contributed by atoms with Crippen molar-refractivity contribution in [3.05, 3.63) is 108 Å². The first-order valence-corrected chi connectivity index (χ1v) is 12.2. The first-order valence-electron chi connectivity index (χ1n) is 12.2. The number of amides is 1. The summed E-state index contributed by atoms with van der Waals surface area (Å²) in [6.07, 6.45) is -3.77. The normalized spacial score (nSPS) is 27.1. The van der Waals surface area contributed by atoms with Crippen molar-refractivity contribution in [1.29, 1.82) is 0 Å². The van der Waals surface area contributed by atoms with Gasteiger partial charge in [0.2, 0.25) is 5.91 Å². The molecule has 8 nitrogen and oxygen atoms in total. The molecule has 2 aliphatic heterocycles. The molecule has 2 fully saturated rings. The quantitative estimate of drug-likeness (QED) is 0.491. The highest BCUT2D eigenvalue weighted by Crippen LogP contribution is 2.36. The third-order valence-corrected chi connectivity index (χ3v) is 6.29. The molecule has 37 heavy (non-hydrogen) atoms. The Bertz CT molecular complexity index is 1170. The SMILES string of the molecule is CC(=O)N[C@H]1[C@@H](OCc2ccccc2)O[C@@H]2CO[C@H](c3ccccc3)O[C@H]2[C@@H]1OC(=O)c1ccccc1. The first-order chi connectivity index (χ1) is 18.1. The fraction of sp³-hybridized carbons (Fsp3) is 0.310. The molecule has 192 valence electrons. The van der Waals surface area contributed by atoms with E-state index in [9.17, 15) is 9.59 Å². The summed E-state index contributed by atoms with van der Waals surface area (Å²) in [6.45, 7) is 1.84. The molecule has 0 unspecified atom stereocenters. The van der Waals surface area contributed by atoms with E-state index < -0.39 is 42.9 Å². The number of ether oxygens (including phenoxy) is 5. The van der Waals surface area contributed by atoms with Gasteiger partial charge in [0.15, 0.2) is 18.7 Å². The topological polar surface area (TPSA) is 92.3 Å². The zero-order valence-corrected chi connectivity index (χ0v) is 20.4. The number of benzene rings is 3. The van der Waals surface area contributed by atoms with Gasteiger partial charge >= 0.3 is 5.97 Å². The van der Waals surface area contributed by atoms with Crippen LogP contribution in [0.2, 0.25) is 0 Å². The molecule has 2 aliphatic rings. The average Bonchev–Trinajstić information content (AvgIpc) is 2.94. The largest absolute Gasteiger partial charge is 0.453 e. The van der Waals surface area contributed by atoms with Crippen LogP contribution < -0.4 is 5.32 Å². The lowest BCUT2D eigenvalue weighted by molar-refractivity contribution is -0.344. The zero-order valence-electron chi connectivity index (χ0n) is 20.4. The minimum absolute atomic E-state index is 0.196. The van der Waals surface area contributed by atoms with Gasteiger partial charge < -0.3 is 29.0 Å². The summed E-state index contributed by atoms with van der Waals surface area (Å²) in [4.78, 5) is 25.4. The van der Waals surface area contributed by atoms with Gasteiger partial charge in [-0.1, -0.05) is 78.9 Å². The van der Waals surface area contributed by atoms with E-state index in [4.69, 9.17) is 23.7 Å². The van der Waals surface area contributed by atoms with Crippen LogP contribution in [0.4, 0.5) is 0 Å². The van der Waals surface area contributed by atoms with Crippen molar-refractivity contribution >= 4 is 11.9 Å². The molecule has 2 saturated heterocycles. The summed E-state index contributed by atoms with van der Waals surface area (Å²) in [5, 5.41) is 2.88. The minimum atomic E-state index is -0.903. The molecular weight excluding hydrogens is 474 g/mol. The van der Waals surface area contributed by atoms with Crippen molar-refractivity contribution in [2.75, 3.05) is 6.61 Å². The number of nitrogens with one attached hydrogen (secondary N) is 1. The maximum atomic E-state index is 13.2. The molecule has 0 spiro atoms. The van der Waals surface area contributed by atoms with Crippen molar-refractivity contribution < 1.29 is 33.3 Å². The van der Waals surface area contributed by atoms with Crippen LogP contribution in [0.15, 0.2) is 91.0 Å². The number of carbonyl (C=O) groups excluding carboxylic acids is 2. The number of hydrogen-bond donors (Lipinski definition) is 1. The molecular formula is C29H29NO7. The van der Waals surface area contributed by atoms with Crippen molar-refractivity contribution in [3.63, 3.8) is 0 Å². The smallest absolute Gasteiger partial charge is 0.338 e. The van der Waals surface area contributed by atoms with Gasteiger partial charge in [-0.15, -0.1) is 0 Å². The van der Waals surface area contributed by atoms with E-state index in [-0.39, 0.29) is 19.1 Å². The summed E-state index contributed by atoms with van der Waals surface area (Å²) < 4.78 is 30.7. The number of esters is 1. The van der Waals surface area contributed by atoms with Crippen LogP contribution >= 0.6 is 0 Å². The number of hydrogen-bond acceptors (Lipinski definition) is 7. The average molecular weight is 504 g/mol. The molecule has 0 aromatic heterocycles. The molecule has 0 bridgehead atoms. The number of fused-ring (bicyclic) bond motifs is 1. The van der Waals surface area contributed by atoms with E-state index in [1.807, 2.05) is 66.7 Å². The maximum absolute atomic E-state index is 13.2. The molecule has 6 atom stereocenters. The molecule has 2 heterocycles. The minimum Gasteiger partial charge on any atom is -0.453 e. The van der Waals surface area contributed by atoms with Crippen LogP contribution in [0.25, 0.3) is 0 Å². The lowest BCUT2D eigenvalue weighted by atomic mass is 9.95. The number of carbonyl (C=O) groups is 2. The highest BCUT2D eigenvalue weighted by atomic mass is 16.8. The third kappa shape index (κ3) is 6.06. The fourth-order valence-corrected chi connectivity index (χ4v) is 4.54. The van der Waals surface area contributed by atoms with Gasteiger partial charge in [-0.05, 0) is 17.7 Å². The van der Waals surface area contributed by atoms with Crippen LogP contribution in [-0.4, -0.2) is 49.1 Å². The molecule has 3 aromatic carbocycles. The van der Waals surface area contributed by atoms with Crippen molar-refractivity contribution in [3.8, 4) is 0 Å². The Labute approximate surface area is 215 Å². The van der Waals surface area contributed by atoms with E-state index >= 15 is 0 Å². The zero-order chi connectivity index (χ0) is 25.6. The molecule has 1 amide bonds. The maximum Gasteiger partial charge on any atom is 0.338 e. The Kier molecular flexibility index (Phi) is 7.91. The van der Waals surface area contributed by atoms with E-state index in [0.717, 1.165) is 11.1 Å². The van der Waals surface area contributed by atoms with Gasteiger partial charge in [0.1, 0.15) is 18.2 Å². The highest BCUT2D eigenvalue weighted by molar-refractivity contribution is 5.89. The lowest BCUT2D eigenvalue weighted by Gasteiger charge is -2.48. The van der Waals surface area contributed by atoms with E-state index in [0.29, 0.717) is 5.56 Å². The van der Waals surface area contributed by atoms with E-state index in [1.165, 1.54) is 6.92 Å². The predicted molar refractivity (Wildman–Crippen MR) is 133 cm³/mol. The third-order valence-electron chi connectivity index (χ3n) is 6.29. The Balaban J connectivity index is 1.43. The van der Waals surface area contributed by atoms with Gasteiger partial charge in [0, 0.05) is 12.5 Å². The second kappa shape index (κ2) is 11.7. The van der Waals surface area contributed by atoms with Crippen molar-refractivity contribution in [2.45, 2.75) is 50.5 Å². The van der Waals surface area contributed by atoms with Gasteiger partial charge in [-0.3, -0.25) is 4.79 Å². The Hall–Kier alpha value is -3.56. The lowest BCUT2D eigenvalue weighted by Crippen LogP contribution is -2.67. The van der Waals surface area contributed by atoms with Gasteiger partial charge in [0.25, 0.3) is 0 Å². The Morgan fingerprint density at radius 2 is 1.54 bits per heavy atom. The van der Waals surface area contributed by atoms with Crippen molar-refractivity contribution in [1.82, 2.24) is 5.32 Å². The number of rotatable bonds is 7. The monoisotopic (exact) mass is 503 g/mol. The van der Waals surface area contributed by atoms with Crippen LogP contribution in [-0.2, 0) is 35.1 Å². The Morgan fingerprint density at radius 3 is 2.22 bits per heavy atom.